The highest BCUT2D eigenvalue weighted by Crippen LogP contribution is 2.11. The molecule has 1 aliphatic heterocycles. The zero-order chi connectivity index (χ0) is 14.9. The number of rotatable bonds is 2. The van der Waals surface area contributed by atoms with Crippen LogP contribution in [-0.2, 0) is 6.54 Å². The maximum Gasteiger partial charge on any atom is 0.317 e. The Hall–Kier alpha value is -1.99. The number of carbonyl (C=O) groups excluding carboxylic acids is 1. The van der Waals surface area contributed by atoms with Gasteiger partial charge in [-0.15, -0.1) is 0 Å². The highest BCUT2D eigenvalue weighted by atomic mass is 16.2. The summed E-state index contributed by atoms with van der Waals surface area (Å²) < 4.78 is 0. The van der Waals surface area contributed by atoms with Crippen LogP contribution in [0.1, 0.15) is 36.8 Å². The fourth-order valence-electron chi connectivity index (χ4n) is 2.50. The molecular formula is C17H23N3O. The summed E-state index contributed by atoms with van der Waals surface area (Å²) >= 11 is 0. The Morgan fingerprint density at radius 3 is 2.62 bits per heavy atom. The van der Waals surface area contributed by atoms with E-state index in [9.17, 15) is 4.79 Å². The van der Waals surface area contributed by atoms with Crippen LogP contribution in [0, 0.1) is 11.8 Å². The molecule has 0 unspecified atom stereocenters. The fourth-order valence-corrected chi connectivity index (χ4v) is 2.50. The van der Waals surface area contributed by atoms with Gasteiger partial charge in [-0.25, -0.2) is 4.79 Å². The van der Waals surface area contributed by atoms with Crippen molar-refractivity contribution < 1.29 is 4.79 Å². The van der Waals surface area contributed by atoms with Crippen LogP contribution < -0.4 is 11.1 Å². The second kappa shape index (κ2) is 8.33. The normalized spacial score (nSPS) is 14.8. The van der Waals surface area contributed by atoms with Gasteiger partial charge in [-0.1, -0.05) is 42.9 Å². The molecule has 0 aliphatic carbocycles. The van der Waals surface area contributed by atoms with Crippen LogP contribution >= 0.6 is 0 Å². The van der Waals surface area contributed by atoms with Crippen molar-refractivity contribution in [2.75, 3.05) is 19.6 Å². The fraction of sp³-hybridized carbons (Fsp3) is 0.471. The summed E-state index contributed by atoms with van der Waals surface area (Å²) in [6.45, 7) is 2.57. The molecule has 21 heavy (non-hydrogen) atoms. The molecule has 4 heteroatoms. The molecule has 0 aromatic heterocycles. The van der Waals surface area contributed by atoms with Crippen molar-refractivity contribution in [3.8, 4) is 11.8 Å². The number of hydrogen-bond donors (Lipinski definition) is 2. The SMILES string of the molecule is NCC#Cc1ccccc1CNC(=O)N1CCCCCC1. The van der Waals surface area contributed by atoms with Crippen molar-refractivity contribution in [3.63, 3.8) is 0 Å². The molecule has 1 fully saturated rings. The summed E-state index contributed by atoms with van der Waals surface area (Å²) in [7, 11) is 0. The molecule has 1 aromatic rings. The van der Waals surface area contributed by atoms with E-state index < -0.39 is 0 Å². The van der Waals surface area contributed by atoms with Gasteiger partial charge in [-0.05, 0) is 24.5 Å². The largest absolute Gasteiger partial charge is 0.334 e. The van der Waals surface area contributed by atoms with E-state index in [1.165, 1.54) is 12.8 Å². The smallest absolute Gasteiger partial charge is 0.317 e. The van der Waals surface area contributed by atoms with Gasteiger partial charge in [0, 0.05) is 25.2 Å². The number of hydrogen-bond acceptors (Lipinski definition) is 2. The lowest BCUT2D eigenvalue weighted by atomic mass is 10.1. The van der Waals surface area contributed by atoms with Crippen LogP contribution in [0.2, 0.25) is 0 Å². The van der Waals surface area contributed by atoms with E-state index in [4.69, 9.17) is 5.73 Å². The second-order valence-electron chi connectivity index (χ2n) is 5.22. The van der Waals surface area contributed by atoms with Gasteiger partial charge in [-0.3, -0.25) is 0 Å². The van der Waals surface area contributed by atoms with Crippen LogP contribution in [0.15, 0.2) is 24.3 Å². The molecule has 1 heterocycles. The minimum absolute atomic E-state index is 0.0264. The number of likely N-dealkylation sites (tertiary alicyclic amines) is 1. The van der Waals surface area contributed by atoms with Gasteiger partial charge in [0.2, 0.25) is 0 Å². The van der Waals surface area contributed by atoms with E-state index >= 15 is 0 Å². The van der Waals surface area contributed by atoms with Gasteiger partial charge < -0.3 is 16.0 Å². The lowest BCUT2D eigenvalue weighted by Crippen LogP contribution is -2.40. The van der Waals surface area contributed by atoms with E-state index in [0.29, 0.717) is 13.1 Å². The number of nitrogens with two attached hydrogens (primary N) is 1. The van der Waals surface area contributed by atoms with E-state index in [1.54, 1.807) is 0 Å². The maximum absolute atomic E-state index is 12.2. The van der Waals surface area contributed by atoms with Crippen molar-refractivity contribution in [2.24, 2.45) is 5.73 Å². The predicted molar refractivity (Wildman–Crippen MR) is 84.7 cm³/mol. The Balaban J connectivity index is 1.94. The number of urea groups is 1. The average molecular weight is 285 g/mol. The zero-order valence-electron chi connectivity index (χ0n) is 12.4. The number of nitrogens with one attached hydrogen (secondary N) is 1. The Morgan fingerprint density at radius 2 is 1.90 bits per heavy atom. The monoisotopic (exact) mass is 285 g/mol. The van der Waals surface area contributed by atoms with Gasteiger partial charge in [0.25, 0.3) is 0 Å². The molecule has 112 valence electrons. The molecule has 0 saturated carbocycles. The molecule has 3 N–H and O–H groups in total. The van der Waals surface area contributed by atoms with Crippen LogP contribution in [0.25, 0.3) is 0 Å². The lowest BCUT2D eigenvalue weighted by Gasteiger charge is -2.21. The molecule has 0 spiro atoms. The number of carbonyl (C=O) groups is 1. The molecule has 0 atom stereocenters. The maximum atomic E-state index is 12.2. The summed E-state index contributed by atoms with van der Waals surface area (Å²) in [4.78, 5) is 14.1. The standard InChI is InChI=1S/C17H23N3O/c18-11-7-10-15-8-3-4-9-16(15)14-19-17(21)20-12-5-1-2-6-13-20/h3-4,8-9H,1-2,5-6,11-14,18H2,(H,19,21). The first-order valence-electron chi connectivity index (χ1n) is 7.61. The average Bonchev–Trinajstić information content (AvgIpc) is 2.80. The highest BCUT2D eigenvalue weighted by Gasteiger charge is 2.15. The van der Waals surface area contributed by atoms with Crippen LogP contribution in [0.4, 0.5) is 4.79 Å². The minimum Gasteiger partial charge on any atom is -0.334 e. The molecule has 2 amide bonds. The molecule has 0 radical (unpaired) electrons. The van der Waals surface area contributed by atoms with Crippen molar-refractivity contribution in [2.45, 2.75) is 32.2 Å². The third kappa shape index (κ3) is 4.80. The first-order valence-corrected chi connectivity index (χ1v) is 7.61. The lowest BCUT2D eigenvalue weighted by molar-refractivity contribution is 0.199. The van der Waals surface area contributed by atoms with E-state index in [0.717, 1.165) is 37.1 Å². The van der Waals surface area contributed by atoms with Gasteiger partial charge >= 0.3 is 6.03 Å². The van der Waals surface area contributed by atoms with Crippen LogP contribution in [0.5, 0.6) is 0 Å². The van der Waals surface area contributed by atoms with Crippen molar-refractivity contribution in [3.05, 3.63) is 35.4 Å². The van der Waals surface area contributed by atoms with Gasteiger partial charge in [0.05, 0.1) is 6.54 Å². The zero-order valence-corrected chi connectivity index (χ0v) is 12.4. The Kier molecular flexibility index (Phi) is 6.11. The minimum atomic E-state index is 0.0264. The third-order valence-corrected chi connectivity index (χ3v) is 3.67. The highest BCUT2D eigenvalue weighted by molar-refractivity contribution is 5.74. The first kappa shape index (κ1) is 15.4. The Labute approximate surface area is 126 Å². The molecule has 1 aromatic carbocycles. The molecular weight excluding hydrogens is 262 g/mol. The molecule has 0 bridgehead atoms. The van der Waals surface area contributed by atoms with Crippen molar-refractivity contribution in [1.29, 1.82) is 0 Å². The summed E-state index contributed by atoms with van der Waals surface area (Å²) in [6, 6.07) is 7.87. The van der Waals surface area contributed by atoms with Crippen LogP contribution in [0.3, 0.4) is 0 Å². The summed E-state index contributed by atoms with van der Waals surface area (Å²) in [6.07, 6.45) is 4.65. The van der Waals surface area contributed by atoms with Gasteiger partial charge in [0.1, 0.15) is 0 Å². The van der Waals surface area contributed by atoms with E-state index in [1.807, 2.05) is 29.2 Å². The topological polar surface area (TPSA) is 58.4 Å². The molecule has 2 rings (SSSR count). The molecule has 1 aliphatic rings. The van der Waals surface area contributed by atoms with Crippen LogP contribution in [-0.4, -0.2) is 30.6 Å². The molecule has 1 saturated heterocycles. The van der Waals surface area contributed by atoms with Gasteiger partial charge in [-0.2, -0.15) is 0 Å². The van der Waals surface area contributed by atoms with Gasteiger partial charge in [0.15, 0.2) is 0 Å². The number of amides is 2. The first-order chi connectivity index (χ1) is 10.3. The number of nitrogens with zero attached hydrogens (tertiary/aromatic N) is 1. The summed E-state index contributed by atoms with van der Waals surface area (Å²) in [5.41, 5.74) is 7.37. The predicted octanol–water partition coefficient (Wildman–Crippen LogP) is 2.08. The quantitative estimate of drug-likeness (QED) is 0.817. The van der Waals surface area contributed by atoms with E-state index in [2.05, 4.69) is 17.2 Å². The second-order valence-corrected chi connectivity index (χ2v) is 5.22. The molecule has 4 nitrogen and oxygen atoms in total. The third-order valence-electron chi connectivity index (χ3n) is 3.67. The Morgan fingerprint density at radius 1 is 1.19 bits per heavy atom. The van der Waals surface area contributed by atoms with Crippen molar-refractivity contribution >= 4 is 6.03 Å². The van der Waals surface area contributed by atoms with E-state index in [-0.39, 0.29) is 6.03 Å². The number of benzene rings is 1. The Bertz CT molecular complexity index is 522. The van der Waals surface area contributed by atoms with Crippen molar-refractivity contribution in [1.82, 2.24) is 10.2 Å². The summed E-state index contributed by atoms with van der Waals surface area (Å²) in [5.74, 6) is 5.91. The summed E-state index contributed by atoms with van der Waals surface area (Å²) in [5, 5.41) is 3.00.